The maximum Gasteiger partial charge on any atom is 0.175 e. The molecular formula is C15H20N4O3S. The van der Waals surface area contributed by atoms with Crippen LogP contribution in [0.2, 0.25) is 0 Å². The van der Waals surface area contributed by atoms with Crippen LogP contribution in [0.1, 0.15) is 0 Å². The van der Waals surface area contributed by atoms with Gasteiger partial charge in [-0.05, 0) is 18.2 Å². The SMILES string of the molecule is CS(=O)(=O)c1ccc2ncnc(N3CCN(CCO)CC3)c2c1. The number of piperazine rings is 1. The first-order valence-corrected chi connectivity index (χ1v) is 9.41. The van der Waals surface area contributed by atoms with Gasteiger partial charge in [-0.1, -0.05) is 0 Å². The summed E-state index contributed by atoms with van der Waals surface area (Å²) in [5.74, 6) is 0.768. The van der Waals surface area contributed by atoms with Gasteiger partial charge in [0.1, 0.15) is 12.1 Å². The van der Waals surface area contributed by atoms with Gasteiger partial charge in [-0.2, -0.15) is 0 Å². The highest BCUT2D eigenvalue weighted by molar-refractivity contribution is 7.90. The van der Waals surface area contributed by atoms with Crippen molar-refractivity contribution < 1.29 is 13.5 Å². The Bertz CT molecular complexity index is 801. The number of hydrogen-bond acceptors (Lipinski definition) is 7. The van der Waals surface area contributed by atoms with Gasteiger partial charge in [0.25, 0.3) is 0 Å². The van der Waals surface area contributed by atoms with Gasteiger partial charge >= 0.3 is 0 Å². The highest BCUT2D eigenvalue weighted by atomic mass is 32.2. The number of rotatable bonds is 4. The van der Waals surface area contributed by atoms with E-state index in [0.29, 0.717) is 6.54 Å². The summed E-state index contributed by atoms with van der Waals surface area (Å²) in [5.41, 5.74) is 0.736. The van der Waals surface area contributed by atoms with Crippen molar-refractivity contribution in [3.63, 3.8) is 0 Å². The number of anilines is 1. The first-order chi connectivity index (χ1) is 11.0. The molecule has 2 heterocycles. The van der Waals surface area contributed by atoms with Crippen molar-refractivity contribution in [1.82, 2.24) is 14.9 Å². The van der Waals surface area contributed by atoms with Gasteiger partial charge in [-0.15, -0.1) is 0 Å². The smallest absolute Gasteiger partial charge is 0.175 e. The monoisotopic (exact) mass is 336 g/mol. The third-order valence-electron chi connectivity index (χ3n) is 4.10. The predicted molar refractivity (Wildman–Crippen MR) is 88.4 cm³/mol. The standard InChI is InChI=1S/C15H20N4O3S/c1-23(21,22)12-2-3-14-13(10-12)15(17-11-16-14)19-6-4-18(5-7-19)8-9-20/h2-3,10-11,20H,4-9H2,1H3. The molecule has 1 aromatic heterocycles. The van der Waals surface area contributed by atoms with Crippen LogP contribution in [-0.4, -0.2) is 74.0 Å². The second kappa shape index (κ2) is 6.38. The molecule has 1 fully saturated rings. The summed E-state index contributed by atoms with van der Waals surface area (Å²) in [6, 6.07) is 4.95. The summed E-state index contributed by atoms with van der Waals surface area (Å²) < 4.78 is 23.6. The van der Waals surface area contributed by atoms with Crippen molar-refractivity contribution in [2.24, 2.45) is 0 Å². The number of nitrogens with zero attached hydrogens (tertiary/aromatic N) is 4. The number of hydrogen-bond donors (Lipinski definition) is 1. The maximum atomic E-state index is 11.8. The Morgan fingerprint density at radius 1 is 1.17 bits per heavy atom. The van der Waals surface area contributed by atoms with Gasteiger partial charge in [0.2, 0.25) is 0 Å². The van der Waals surface area contributed by atoms with Gasteiger partial charge < -0.3 is 10.0 Å². The molecule has 0 radical (unpaired) electrons. The first-order valence-electron chi connectivity index (χ1n) is 7.52. The molecule has 0 spiro atoms. The summed E-state index contributed by atoms with van der Waals surface area (Å²) in [7, 11) is -3.27. The normalized spacial score (nSPS) is 16.9. The first kappa shape index (κ1) is 16.1. The number of sulfone groups is 1. The molecule has 0 amide bonds. The molecule has 7 nitrogen and oxygen atoms in total. The van der Waals surface area contributed by atoms with Gasteiger partial charge in [0, 0.05) is 44.4 Å². The lowest BCUT2D eigenvalue weighted by Crippen LogP contribution is -2.47. The third-order valence-corrected chi connectivity index (χ3v) is 5.21. The lowest BCUT2D eigenvalue weighted by molar-refractivity contribution is 0.188. The summed E-state index contributed by atoms with van der Waals surface area (Å²) in [5, 5.41) is 9.77. The number of β-amino-alcohol motifs (C(OH)–C–C–N with tert-alkyl or cyclic N) is 1. The minimum atomic E-state index is -3.27. The molecule has 0 unspecified atom stereocenters. The van der Waals surface area contributed by atoms with Crippen LogP contribution < -0.4 is 4.90 Å². The molecule has 1 aliphatic heterocycles. The fraction of sp³-hybridized carbons (Fsp3) is 0.467. The fourth-order valence-corrected chi connectivity index (χ4v) is 3.48. The van der Waals surface area contributed by atoms with Crippen LogP contribution in [0.15, 0.2) is 29.4 Å². The van der Waals surface area contributed by atoms with Crippen LogP contribution in [-0.2, 0) is 9.84 Å². The summed E-state index contributed by atoms with van der Waals surface area (Å²) >= 11 is 0. The molecule has 8 heteroatoms. The zero-order chi connectivity index (χ0) is 16.4. The zero-order valence-electron chi connectivity index (χ0n) is 13.0. The molecule has 1 aliphatic rings. The van der Waals surface area contributed by atoms with E-state index < -0.39 is 9.84 Å². The van der Waals surface area contributed by atoms with Crippen molar-refractivity contribution in [3.8, 4) is 0 Å². The van der Waals surface area contributed by atoms with Gasteiger partial charge in [0.15, 0.2) is 9.84 Å². The van der Waals surface area contributed by atoms with E-state index in [1.165, 1.54) is 12.6 Å². The van der Waals surface area contributed by atoms with Crippen molar-refractivity contribution in [3.05, 3.63) is 24.5 Å². The number of aliphatic hydroxyl groups excluding tert-OH is 1. The van der Waals surface area contributed by atoms with E-state index in [0.717, 1.165) is 42.9 Å². The summed E-state index contributed by atoms with van der Waals surface area (Å²) in [6.45, 7) is 4.10. The third kappa shape index (κ3) is 3.44. The van der Waals surface area contributed by atoms with Gasteiger partial charge in [-0.25, -0.2) is 18.4 Å². The van der Waals surface area contributed by atoms with Crippen LogP contribution in [0.5, 0.6) is 0 Å². The van der Waals surface area contributed by atoms with Crippen molar-refractivity contribution >= 4 is 26.6 Å². The molecule has 0 bridgehead atoms. The van der Waals surface area contributed by atoms with Gasteiger partial charge in [0.05, 0.1) is 17.0 Å². The summed E-state index contributed by atoms with van der Waals surface area (Å²) in [6.07, 6.45) is 2.71. The Hall–Kier alpha value is -1.77. The Labute approximate surface area is 135 Å². The Morgan fingerprint density at radius 2 is 1.91 bits per heavy atom. The molecule has 1 N–H and O–H groups in total. The lowest BCUT2D eigenvalue weighted by Gasteiger charge is -2.35. The Kier molecular flexibility index (Phi) is 4.47. The van der Waals surface area contributed by atoms with E-state index in [2.05, 4.69) is 19.8 Å². The molecule has 0 atom stereocenters. The molecule has 0 aliphatic carbocycles. The molecule has 3 rings (SSSR count). The molecule has 124 valence electrons. The highest BCUT2D eigenvalue weighted by Crippen LogP contribution is 2.26. The van der Waals surface area contributed by atoms with Crippen LogP contribution >= 0.6 is 0 Å². The molecular weight excluding hydrogens is 316 g/mol. The summed E-state index contributed by atoms with van der Waals surface area (Å²) in [4.78, 5) is 13.2. The number of aromatic nitrogens is 2. The minimum absolute atomic E-state index is 0.161. The lowest BCUT2D eigenvalue weighted by atomic mass is 10.2. The zero-order valence-corrected chi connectivity index (χ0v) is 13.8. The van der Waals surface area contributed by atoms with E-state index in [9.17, 15) is 8.42 Å². The molecule has 23 heavy (non-hydrogen) atoms. The Balaban J connectivity index is 1.95. The second-order valence-electron chi connectivity index (χ2n) is 5.70. The fourth-order valence-electron chi connectivity index (χ4n) is 2.83. The van der Waals surface area contributed by atoms with Crippen molar-refractivity contribution in [2.75, 3.05) is 50.5 Å². The predicted octanol–water partition coefficient (Wildman–Crippen LogP) is 0.148. The van der Waals surface area contributed by atoms with Crippen LogP contribution in [0, 0.1) is 0 Å². The van der Waals surface area contributed by atoms with Crippen molar-refractivity contribution in [2.45, 2.75) is 4.90 Å². The number of benzene rings is 1. The van der Waals surface area contributed by atoms with Crippen LogP contribution in [0.3, 0.4) is 0 Å². The minimum Gasteiger partial charge on any atom is -0.395 e. The topological polar surface area (TPSA) is 86.6 Å². The maximum absolute atomic E-state index is 11.8. The van der Waals surface area contributed by atoms with Gasteiger partial charge in [-0.3, -0.25) is 4.90 Å². The second-order valence-corrected chi connectivity index (χ2v) is 7.72. The molecule has 0 saturated carbocycles. The largest absolute Gasteiger partial charge is 0.395 e. The number of aliphatic hydroxyl groups is 1. The quantitative estimate of drug-likeness (QED) is 0.850. The van der Waals surface area contributed by atoms with E-state index in [-0.39, 0.29) is 11.5 Å². The average molecular weight is 336 g/mol. The molecule has 1 aromatic carbocycles. The van der Waals surface area contributed by atoms with Crippen LogP contribution in [0.4, 0.5) is 5.82 Å². The van der Waals surface area contributed by atoms with E-state index in [4.69, 9.17) is 5.11 Å². The number of fused-ring (bicyclic) bond motifs is 1. The van der Waals surface area contributed by atoms with E-state index >= 15 is 0 Å². The van der Waals surface area contributed by atoms with E-state index in [1.807, 2.05) is 0 Å². The molecule has 2 aromatic rings. The Morgan fingerprint density at radius 3 is 2.57 bits per heavy atom. The van der Waals surface area contributed by atoms with Crippen LogP contribution in [0.25, 0.3) is 10.9 Å². The molecule has 1 saturated heterocycles. The average Bonchev–Trinajstić information content (AvgIpc) is 2.54. The van der Waals surface area contributed by atoms with Crippen molar-refractivity contribution in [1.29, 1.82) is 0 Å². The highest BCUT2D eigenvalue weighted by Gasteiger charge is 2.20. The van der Waals surface area contributed by atoms with E-state index in [1.54, 1.807) is 18.2 Å².